The first kappa shape index (κ1) is 33.0. The molecule has 2 atom stereocenters. The third-order valence-corrected chi connectivity index (χ3v) is 9.14. The van der Waals surface area contributed by atoms with Gasteiger partial charge >= 0.3 is 0 Å². The summed E-state index contributed by atoms with van der Waals surface area (Å²) in [7, 11) is 0. The van der Waals surface area contributed by atoms with Crippen molar-refractivity contribution in [1.82, 2.24) is 10.1 Å². The van der Waals surface area contributed by atoms with Gasteiger partial charge in [0, 0.05) is 41.5 Å². The Bertz CT molecular complexity index is 1800. The maximum absolute atomic E-state index is 12.8. The topological polar surface area (TPSA) is 76.8 Å². The average molecular weight is 644 g/mol. The van der Waals surface area contributed by atoms with E-state index in [0.29, 0.717) is 13.2 Å². The molecule has 1 aliphatic heterocycles. The van der Waals surface area contributed by atoms with Crippen LogP contribution in [0.3, 0.4) is 0 Å². The van der Waals surface area contributed by atoms with Crippen LogP contribution in [-0.2, 0) is 19.6 Å². The molecule has 0 aliphatic carbocycles. The molecule has 4 aromatic carbocycles. The van der Waals surface area contributed by atoms with Crippen LogP contribution in [0, 0.1) is 0 Å². The quantitative estimate of drug-likeness (QED) is 0.146. The zero-order valence-corrected chi connectivity index (χ0v) is 28.5. The SMILES string of the molecule is CCC1c2ccc(NC(=O)c3ccno3)cc2CC(c2cc(C(C)C)c(OCc3ccccc3)cc2OCc2ccccc2)N1C(C)C. The molecule has 0 saturated heterocycles. The van der Waals surface area contributed by atoms with Gasteiger partial charge in [0.2, 0.25) is 5.76 Å². The molecule has 2 unspecified atom stereocenters. The molecule has 7 nitrogen and oxygen atoms in total. The summed E-state index contributed by atoms with van der Waals surface area (Å²) in [5.74, 6) is 1.77. The lowest BCUT2D eigenvalue weighted by Gasteiger charge is -2.46. The number of amides is 1. The normalized spacial score (nSPS) is 16.1. The van der Waals surface area contributed by atoms with Gasteiger partial charge in [-0.2, -0.15) is 0 Å². The van der Waals surface area contributed by atoms with Crippen molar-refractivity contribution < 1.29 is 18.8 Å². The van der Waals surface area contributed by atoms with Crippen molar-refractivity contribution in [1.29, 1.82) is 0 Å². The summed E-state index contributed by atoms with van der Waals surface area (Å²) in [5, 5.41) is 6.67. The van der Waals surface area contributed by atoms with Crippen molar-refractivity contribution in [3.63, 3.8) is 0 Å². The van der Waals surface area contributed by atoms with Crippen LogP contribution in [0.2, 0.25) is 0 Å². The largest absolute Gasteiger partial charge is 0.488 e. The Morgan fingerprint density at radius 1 is 0.854 bits per heavy atom. The number of rotatable bonds is 12. The van der Waals surface area contributed by atoms with E-state index < -0.39 is 0 Å². The number of hydrogen-bond donors (Lipinski definition) is 1. The summed E-state index contributed by atoms with van der Waals surface area (Å²) in [4.78, 5) is 15.5. The maximum atomic E-state index is 12.8. The van der Waals surface area contributed by atoms with E-state index in [4.69, 9.17) is 14.0 Å². The van der Waals surface area contributed by atoms with Crippen molar-refractivity contribution in [3.05, 3.63) is 142 Å². The zero-order valence-electron chi connectivity index (χ0n) is 28.5. The van der Waals surface area contributed by atoms with Crippen LogP contribution >= 0.6 is 0 Å². The van der Waals surface area contributed by atoms with Crippen molar-refractivity contribution >= 4 is 11.6 Å². The maximum Gasteiger partial charge on any atom is 0.294 e. The minimum absolute atomic E-state index is 0.0362. The number of benzene rings is 4. The Labute approximate surface area is 283 Å². The van der Waals surface area contributed by atoms with Crippen LogP contribution in [0.4, 0.5) is 5.69 Å². The fourth-order valence-corrected chi connectivity index (χ4v) is 6.85. The van der Waals surface area contributed by atoms with Gasteiger partial charge in [0.05, 0.1) is 6.20 Å². The fourth-order valence-electron chi connectivity index (χ4n) is 6.85. The minimum Gasteiger partial charge on any atom is -0.488 e. The third-order valence-electron chi connectivity index (χ3n) is 9.14. The molecule has 248 valence electrons. The summed E-state index contributed by atoms with van der Waals surface area (Å²) in [5.41, 5.74) is 7.77. The molecular formula is C41H45N3O4. The molecule has 1 aliphatic rings. The molecule has 6 rings (SSSR count). The van der Waals surface area contributed by atoms with E-state index in [-0.39, 0.29) is 35.7 Å². The highest BCUT2D eigenvalue weighted by atomic mass is 16.5. The highest BCUT2D eigenvalue weighted by molar-refractivity contribution is 6.02. The molecule has 0 radical (unpaired) electrons. The van der Waals surface area contributed by atoms with E-state index in [2.05, 4.69) is 98.5 Å². The molecule has 1 aromatic heterocycles. The van der Waals surface area contributed by atoms with E-state index in [0.717, 1.165) is 52.3 Å². The number of carbonyl (C=O) groups is 1. The zero-order chi connectivity index (χ0) is 33.6. The van der Waals surface area contributed by atoms with Crippen molar-refractivity contribution in [2.45, 2.75) is 84.7 Å². The lowest BCUT2D eigenvalue weighted by atomic mass is 9.82. The van der Waals surface area contributed by atoms with Crippen LogP contribution in [0.1, 0.15) is 103 Å². The van der Waals surface area contributed by atoms with Crippen molar-refractivity contribution in [2.75, 3.05) is 5.32 Å². The standard InChI is InChI=1S/C41H45N3O4/c1-6-36-33-18-17-32(43-41(45)38-19-20-42-48-38)21-31(33)22-37(44(36)28(4)5)35-23-34(27(2)3)39(46-25-29-13-9-7-10-14-29)24-40(35)47-26-30-15-11-8-12-16-30/h7-21,23-24,27-28,36-37H,6,22,25-26H2,1-5H3,(H,43,45). The molecule has 7 heteroatoms. The Hall–Kier alpha value is -4.88. The third kappa shape index (κ3) is 7.32. The number of ether oxygens (including phenoxy) is 2. The molecule has 1 amide bonds. The molecular weight excluding hydrogens is 598 g/mol. The summed E-state index contributed by atoms with van der Waals surface area (Å²) in [6.07, 6.45) is 3.18. The number of aromatic nitrogens is 1. The van der Waals surface area contributed by atoms with E-state index in [9.17, 15) is 4.79 Å². The summed E-state index contributed by atoms with van der Waals surface area (Å²) in [6, 6.07) is 33.3. The predicted molar refractivity (Wildman–Crippen MR) is 189 cm³/mol. The highest BCUT2D eigenvalue weighted by Crippen LogP contribution is 2.48. The van der Waals surface area contributed by atoms with Crippen LogP contribution in [0.15, 0.2) is 108 Å². The van der Waals surface area contributed by atoms with Crippen LogP contribution in [0.25, 0.3) is 0 Å². The van der Waals surface area contributed by atoms with E-state index in [1.807, 2.05) is 42.5 Å². The fraction of sp³-hybridized carbons (Fsp3) is 0.317. The lowest BCUT2D eigenvalue weighted by molar-refractivity contribution is 0.0745. The second-order valence-corrected chi connectivity index (χ2v) is 13.1. The van der Waals surface area contributed by atoms with Gasteiger partial charge in [-0.25, -0.2) is 0 Å². The Kier molecular flexibility index (Phi) is 10.3. The molecule has 2 heterocycles. The molecule has 48 heavy (non-hydrogen) atoms. The molecule has 0 fully saturated rings. The van der Waals surface area contributed by atoms with Crippen LogP contribution in [-0.4, -0.2) is 22.0 Å². The number of nitrogens with zero attached hydrogens (tertiary/aromatic N) is 2. The first-order valence-corrected chi connectivity index (χ1v) is 17.0. The Morgan fingerprint density at radius 2 is 1.52 bits per heavy atom. The lowest BCUT2D eigenvalue weighted by Crippen LogP contribution is -2.42. The number of carbonyl (C=O) groups excluding carboxylic acids is 1. The Morgan fingerprint density at radius 3 is 2.10 bits per heavy atom. The van der Waals surface area contributed by atoms with Gasteiger partial charge in [-0.1, -0.05) is 92.7 Å². The van der Waals surface area contributed by atoms with E-state index in [1.165, 1.54) is 17.3 Å². The first-order valence-electron chi connectivity index (χ1n) is 17.0. The van der Waals surface area contributed by atoms with Crippen molar-refractivity contribution in [2.24, 2.45) is 0 Å². The highest BCUT2D eigenvalue weighted by Gasteiger charge is 2.38. The first-order chi connectivity index (χ1) is 23.3. The molecule has 0 bridgehead atoms. The minimum atomic E-state index is -0.320. The number of nitrogens with one attached hydrogen (secondary N) is 1. The van der Waals surface area contributed by atoms with Gasteiger partial charge in [0.25, 0.3) is 5.91 Å². The second-order valence-electron chi connectivity index (χ2n) is 13.1. The van der Waals surface area contributed by atoms with Gasteiger partial charge in [-0.15, -0.1) is 0 Å². The number of hydrogen-bond acceptors (Lipinski definition) is 6. The monoisotopic (exact) mass is 643 g/mol. The van der Waals surface area contributed by atoms with E-state index in [1.54, 1.807) is 6.07 Å². The smallest absolute Gasteiger partial charge is 0.294 e. The van der Waals surface area contributed by atoms with E-state index >= 15 is 0 Å². The average Bonchev–Trinajstić information content (AvgIpc) is 3.65. The number of fused-ring (bicyclic) bond motifs is 1. The molecule has 5 aromatic rings. The molecule has 1 N–H and O–H groups in total. The Balaban J connectivity index is 1.41. The second kappa shape index (κ2) is 14.9. The molecule has 0 saturated carbocycles. The van der Waals surface area contributed by atoms with Crippen LogP contribution < -0.4 is 14.8 Å². The summed E-state index contributed by atoms with van der Waals surface area (Å²) in [6.45, 7) is 12.2. The van der Waals surface area contributed by atoms with Gasteiger partial charge < -0.3 is 19.3 Å². The number of anilines is 1. The van der Waals surface area contributed by atoms with Gasteiger partial charge in [0.1, 0.15) is 24.7 Å². The van der Waals surface area contributed by atoms with Crippen LogP contribution in [0.5, 0.6) is 11.5 Å². The van der Waals surface area contributed by atoms with Gasteiger partial charge in [0.15, 0.2) is 0 Å². The van der Waals surface area contributed by atoms with Crippen molar-refractivity contribution in [3.8, 4) is 11.5 Å². The molecule has 0 spiro atoms. The van der Waals surface area contributed by atoms with Gasteiger partial charge in [-0.05, 0) is 78.6 Å². The summed E-state index contributed by atoms with van der Waals surface area (Å²) < 4.78 is 18.3. The van der Waals surface area contributed by atoms with Gasteiger partial charge in [-0.3, -0.25) is 9.69 Å². The summed E-state index contributed by atoms with van der Waals surface area (Å²) >= 11 is 0. The predicted octanol–water partition coefficient (Wildman–Crippen LogP) is 9.67.